The number of fused-ring (bicyclic) bond motifs is 12. The van der Waals surface area contributed by atoms with Crippen LogP contribution in [-0.2, 0) is 6.42 Å². The lowest BCUT2D eigenvalue weighted by molar-refractivity contribution is 0.888. The van der Waals surface area contributed by atoms with Crippen molar-refractivity contribution in [2.45, 2.75) is 12.8 Å². The molecule has 0 N–H and O–H groups in total. The summed E-state index contributed by atoms with van der Waals surface area (Å²) in [7, 11) is 0. The molecule has 4 heteroatoms. The molecule has 4 nitrogen and oxygen atoms in total. The minimum atomic E-state index is 0.986. The van der Waals surface area contributed by atoms with Gasteiger partial charge in [0, 0.05) is 71.7 Å². The second-order valence-electron chi connectivity index (χ2n) is 18.8. The van der Waals surface area contributed by atoms with Crippen LogP contribution in [-0.4, -0.2) is 18.3 Å². The van der Waals surface area contributed by atoms with Gasteiger partial charge in [0.25, 0.3) is 0 Å². The number of para-hydroxylation sites is 5. The maximum atomic E-state index is 2.52. The van der Waals surface area contributed by atoms with Crippen LogP contribution in [0.5, 0.6) is 0 Å². The summed E-state index contributed by atoms with van der Waals surface area (Å²) in [6.45, 7) is 0. The van der Waals surface area contributed by atoms with Crippen LogP contribution < -0.4 is 0 Å². The zero-order valence-corrected chi connectivity index (χ0v) is 38.3. The minimum Gasteiger partial charge on any atom is -0.313 e. The first kappa shape index (κ1) is 38.9. The summed E-state index contributed by atoms with van der Waals surface area (Å²) in [6.07, 6.45) is 6.70. The predicted octanol–water partition coefficient (Wildman–Crippen LogP) is 17.2. The molecule has 0 radical (unpaired) electrons. The van der Waals surface area contributed by atoms with Gasteiger partial charge >= 0.3 is 0 Å². The van der Waals surface area contributed by atoms with E-state index in [9.17, 15) is 0 Å². The van der Waals surface area contributed by atoms with E-state index in [1.165, 1.54) is 116 Å². The van der Waals surface area contributed by atoms with E-state index in [1.54, 1.807) is 0 Å². The largest absolute Gasteiger partial charge is 0.313 e. The first-order chi connectivity index (χ1) is 34.7. The van der Waals surface area contributed by atoms with Crippen molar-refractivity contribution in [3.8, 4) is 45.0 Å². The molecule has 0 spiro atoms. The van der Waals surface area contributed by atoms with Crippen molar-refractivity contribution in [1.82, 2.24) is 18.3 Å². The lowest BCUT2D eigenvalue weighted by Gasteiger charge is -2.16. The molecule has 15 rings (SSSR count). The Morgan fingerprint density at radius 2 is 0.614 bits per heavy atom. The molecule has 328 valence electrons. The molecular formula is C66H44N4. The van der Waals surface area contributed by atoms with E-state index >= 15 is 0 Å². The smallest absolute Gasteiger partial charge is 0.0541 e. The van der Waals surface area contributed by atoms with E-state index in [4.69, 9.17) is 0 Å². The molecule has 0 saturated heterocycles. The third kappa shape index (κ3) is 5.77. The zero-order valence-electron chi connectivity index (χ0n) is 38.3. The fourth-order valence-electron chi connectivity index (χ4n) is 11.9. The fraction of sp³-hybridized carbons (Fsp3) is 0.0303. The van der Waals surface area contributed by atoms with Gasteiger partial charge in [0.1, 0.15) is 0 Å². The summed E-state index contributed by atoms with van der Waals surface area (Å²) in [5.74, 6) is 0. The lowest BCUT2D eigenvalue weighted by atomic mass is 9.98. The van der Waals surface area contributed by atoms with Crippen LogP contribution >= 0.6 is 0 Å². The SMILES string of the molecule is C1=Cc2c(n(-c3cccc(-n4c5ccccc5c5cc(-c6cccc(-n7c8ccccc8c8ccccc87)c6)ccc54)c3)c3ccc(-c4cccc(-n5c6ccccc6c6ccccc65)c4)cc23)CC1. The molecule has 4 aromatic heterocycles. The molecule has 0 unspecified atom stereocenters. The van der Waals surface area contributed by atoms with Gasteiger partial charge in [-0.15, -0.1) is 0 Å². The molecule has 14 aromatic rings. The van der Waals surface area contributed by atoms with E-state index in [2.05, 4.69) is 261 Å². The van der Waals surface area contributed by atoms with Gasteiger partial charge in [-0.05, 0) is 132 Å². The van der Waals surface area contributed by atoms with E-state index < -0.39 is 0 Å². The van der Waals surface area contributed by atoms with Crippen LogP contribution in [0.15, 0.2) is 237 Å². The fourth-order valence-corrected chi connectivity index (χ4v) is 11.9. The van der Waals surface area contributed by atoms with E-state index in [-0.39, 0.29) is 0 Å². The highest BCUT2D eigenvalue weighted by atomic mass is 15.0. The van der Waals surface area contributed by atoms with Crippen LogP contribution in [0.1, 0.15) is 17.7 Å². The van der Waals surface area contributed by atoms with Crippen molar-refractivity contribution >= 4 is 82.4 Å². The maximum absolute atomic E-state index is 2.52. The number of hydrogen-bond donors (Lipinski definition) is 0. The van der Waals surface area contributed by atoms with Crippen LogP contribution in [0.2, 0.25) is 0 Å². The Bertz CT molecular complexity index is 4380. The molecule has 70 heavy (non-hydrogen) atoms. The highest BCUT2D eigenvalue weighted by Crippen LogP contribution is 2.41. The third-order valence-corrected chi connectivity index (χ3v) is 15.0. The number of benzene rings is 10. The maximum Gasteiger partial charge on any atom is 0.0541 e. The van der Waals surface area contributed by atoms with Gasteiger partial charge in [-0.25, -0.2) is 0 Å². The highest BCUT2D eigenvalue weighted by molar-refractivity contribution is 6.12. The van der Waals surface area contributed by atoms with Gasteiger partial charge < -0.3 is 18.3 Å². The minimum absolute atomic E-state index is 0.986. The monoisotopic (exact) mass is 892 g/mol. The number of rotatable bonds is 6. The summed E-state index contributed by atoms with van der Waals surface area (Å²) in [5.41, 5.74) is 20.6. The Labute approximate surface area is 404 Å². The van der Waals surface area contributed by atoms with Crippen LogP contribution in [0, 0.1) is 0 Å². The average molecular weight is 893 g/mol. The number of allylic oxidation sites excluding steroid dienone is 1. The highest BCUT2D eigenvalue weighted by Gasteiger charge is 2.22. The van der Waals surface area contributed by atoms with Gasteiger partial charge in [0.2, 0.25) is 0 Å². The van der Waals surface area contributed by atoms with Crippen molar-refractivity contribution in [3.05, 3.63) is 248 Å². The number of nitrogens with zero attached hydrogens (tertiary/aromatic N) is 4. The summed E-state index contributed by atoms with van der Waals surface area (Å²) in [4.78, 5) is 0. The molecule has 10 aromatic carbocycles. The van der Waals surface area contributed by atoms with E-state index in [1.807, 2.05) is 0 Å². The first-order valence-corrected chi connectivity index (χ1v) is 24.4. The van der Waals surface area contributed by atoms with Crippen LogP contribution in [0.4, 0.5) is 0 Å². The standard InChI is InChI=1S/C66H44N4/c1-7-28-59-51(22-1)52-23-2-8-29-60(52)67(59)47-18-13-16-43(38-47)45-34-36-65-57(40-45)55-26-5-11-32-63(55)69(65)49-20-15-21-50(42-49)70-64-33-12-6-27-56(64)58-41-46(35-37-66(58)70)44-17-14-19-48(39-44)68-61-30-9-3-24-53(61)54-25-4-10-31-62(54)68/h1-11,13-32,34-42H,12,33H2. The second kappa shape index (κ2) is 15.2. The Balaban J connectivity index is 0.830. The van der Waals surface area contributed by atoms with E-state index in [0.717, 1.165) is 29.9 Å². The van der Waals surface area contributed by atoms with Crippen molar-refractivity contribution in [2.75, 3.05) is 0 Å². The summed E-state index contributed by atoms with van der Waals surface area (Å²) in [6, 6.07) is 85.1. The molecule has 1 aliphatic rings. The topological polar surface area (TPSA) is 19.7 Å². The quantitative estimate of drug-likeness (QED) is 0.158. The molecule has 0 bridgehead atoms. The van der Waals surface area contributed by atoms with Gasteiger partial charge in [-0.3, -0.25) is 0 Å². The number of hydrogen-bond acceptors (Lipinski definition) is 0. The van der Waals surface area contributed by atoms with E-state index in [0.29, 0.717) is 0 Å². The van der Waals surface area contributed by atoms with Crippen molar-refractivity contribution < 1.29 is 0 Å². The predicted molar refractivity (Wildman–Crippen MR) is 295 cm³/mol. The molecule has 0 amide bonds. The van der Waals surface area contributed by atoms with Gasteiger partial charge in [0.05, 0.1) is 38.6 Å². The molecular weight excluding hydrogens is 849 g/mol. The van der Waals surface area contributed by atoms with Gasteiger partial charge in [-0.1, -0.05) is 146 Å². The average Bonchev–Trinajstić information content (AvgIpc) is 4.16. The van der Waals surface area contributed by atoms with Crippen molar-refractivity contribution in [3.63, 3.8) is 0 Å². The Morgan fingerprint density at radius 3 is 1.10 bits per heavy atom. The molecule has 4 heterocycles. The second-order valence-corrected chi connectivity index (χ2v) is 18.8. The van der Waals surface area contributed by atoms with Gasteiger partial charge in [-0.2, -0.15) is 0 Å². The lowest BCUT2D eigenvalue weighted by Crippen LogP contribution is -2.04. The Kier molecular flexibility index (Phi) is 8.45. The normalized spacial score (nSPS) is 12.7. The van der Waals surface area contributed by atoms with Gasteiger partial charge in [0.15, 0.2) is 0 Å². The Morgan fingerprint density at radius 1 is 0.257 bits per heavy atom. The van der Waals surface area contributed by atoms with Crippen LogP contribution in [0.25, 0.3) is 127 Å². The molecule has 0 atom stereocenters. The Hall–Kier alpha value is -9.12. The summed E-state index contributed by atoms with van der Waals surface area (Å²) >= 11 is 0. The molecule has 1 aliphatic carbocycles. The summed E-state index contributed by atoms with van der Waals surface area (Å²) in [5, 5.41) is 8.85. The zero-order chi connectivity index (χ0) is 45.9. The summed E-state index contributed by atoms with van der Waals surface area (Å²) < 4.78 is 9.78. The number of aromatic nitrogens is 4. The molecule has 0 fully saturated rings. The third-order valence-electron chi connectivity index (χ3n) is 15.0. The molecule has 0 aliphatic heterocycles. The van der Waals surface area contributed by atoms with Crippen molar-refractivity contribution in [2.24, 2.45) is 0 Å². The molecule has 0 saturated carbocycles. The van der Waals surface area contributed by atoms with Crippen LogP contribution in [0.3, 0.4) is 0 Å². The van der Waals surface area contributed by atoms with Crippen molar-refractivity contribution in [1.29, 1.82) is 0 Å². The first-order valence-electron chi connectivity index (χ1n) is 24.4.